The van der Waals surface area contributed by atoms with Crippen LogP contribution in [0.4, 0.5) is 0 Å². The maximum atomic E-state index is 12.4. The molecular formula is C14H19NO5S. The molecule has 1 aromatic carbocycles. The monoisotopic (exact) mass is 313 g/mol. The number of benzene rings is 1. The van der Waals surface area contributed by atoms with Gasteiger partial charge < -0.3 is 9.84 Å². The van der Waals surface area contributed by atoms with Crippen molar-refractivity contribution in [1.82, 2.24) is 4.31 Å². The lowest BCUT2D eigenvalue weighted by Gasteiger charge is -2.26. The van der Waals surface area contributed by atoms with Gasteiger partial charge in [-0.3, -0.25) is 0 Å². The Hall–Kier alpha value is -1.44. The average Bonchev–Trinajstić information content (AvgIpc) is 2.83. The number of carbonyl (C=O) groups is 1. The standard InChI is InChI=1S/C14H19NO5S/c1-10-13(6-7-20-10)15(2)21(18,19)9-11-4-3-5-12(8-11)14(16)17/h3-5,8,10,13H,6-7,9H2,1-2H3,(H,16,17). The lowest BCUT2D eigenvalue weighted by Crippen LogP contribution is -2.41. The molecule has 0 radical (unpaired) electrons. The summed E-state index contributed by atoms with van der Waals surface area (Å²) in [5.74, 6) is -1.28. The lowest BCUT2D eigenvalue weighted by atomic mass is 10.1. The van der Waals surface area contributed by atoms with E-state index >= 15 is 0 Å². The van der Waals surface area contributed by atoms with Crippen LogP contribution < -0.4 is 0 Å². The van der Waals surface area contributed by atoms with E-state index in [0.717, 1.165) is 0 Å². The maximum Gasteiger partial charge on any atom is 0.335 e. The number of ether oxygens (including phenoxy) is 1. The Kier molecular flexibility index (Phi) is 4.65. The van der Waals surface area contributed by atoms with Gasteiger partial charge in [-0.05, 0) is 31.0 Å². The van der Waals surface area contributed by atoms with Crippen molar-refractivity contribution >= 4 is 16.0 Å². The van der Waals surface area contributed by atoms with Crippen LogP contribution >= 0.6 is 0 Å². The number of hydrogen-bond donors (Lipinski definition) is 1. The minimum atomic E-state index is -3.51. The van der Waals surface area contributed by atoms with Crippen LogP contribution in [0, 0.1) is 0 Å². The molecule has 1 N–H and O–H groups in total. The average molecular weight is 313 g/mol. The SMILES string of the molecule is CC1OCCC1N(C)S(=O)(=O)Cc1cccc(C(=O)O)c1. The van der Waals surface area contributed by atoms with E-state index in [4.69, 9.17) is 9.84 Å². The molecule has 2 unspecified atom stereocenters. The molecule has 1 heterocycles. The molecule has 1 fully saturated rings. The molecule has 0 aromatic heterocycles. The normalized spacial score (nSPS) is 22.6. The summed E-state index contributed by atoms with van der Waals surface area (Å²) in [7, 11) is -1.96. The molecule has 21 heavy (non-hydrogen) atoms. The summed E-state index contributed by atoms with van der Waals surface area (Å²) in [6.45, 7) is 2.41. The van der Waals surface area contributed by atoms with Crippen LogP contribution in [0.3, 0.4) is 0 Å². The first-order chi connectivity index (χ1) is 9.81. The van der Waals surface area contributed by atoms with Crippen LogP contribution in [0.2, 0.25) is 0 Å². The molecule has 0 saturated carbocycles. The molecule has 2 atom stereocenters. The molecule has 1 aliphatic rings. The first kappa shape index (κ1) is 15.9. The highest BCUT2D eigenvalue weighted by atomic mass is 32.2. The van der Waals surface area contributed by atoms with E-state index in [1.165, 1.54) is 16.4 Å². The molecule has 0 aliphatic carbocycles. The summed E-state index contributed by atoms with van der Waals surface area (Å²) < 4.78 is 31.6. The van der Waals surface area contributed by atoms with E-state index in [2.05, 4.69) is 0 Å². The van der Waals surface area contributed by atoms with Crippen molar-refractivity contribution in [3.05, 3.63) is 35.4 Å². The van der Waals surface area contributed by atoms with Gasteiger partial charge in [0, 0.05) is 13.7 Å². The van der Waals surface area contributed by atoms with Gasteiger partial charge in [0.15, 0.2) is 0 Å². The van der Waals surface area contributed by atoms with E-state index in [-0.39, 0.29) is 23.5 Å². The van der Waals surface area contributed by atoms with E-state index in [9.17, 15) is 13.2 Å². The maximum absolute atomic E-state index is 12.4. The summed E-state index contributed by atoms with van der Waals surface area (Å²) in [6.07, 6.45) is 0.543. The van der Waals surface area contributed by atoms with Crippen LogP contribution in [0.1, 0.15) is 29.3 Å². The van der Waals surface area contributed by atoms with Crippen LogP contribution in [-0.2, 0) is 20.5 Å². The second-order valence-corrected chi connectivity index (χ2v) is 7.24. The number of likely N-dealkylation sites (N-methyl/N-ethyl adjacent to an activating group) is 1. The molecule has 1 saturated heterocycles. The zero-order valence-corrected chi connectivity index (χ0v) is 12.8. The van der Waals surface area contributed by atoms with Crippen LogP contribution in [0.25, 0.3) is 0 Å². The van der Waals surface area contributed by atoms with Gasteiger partial charge in [0.25, 0.3) is 0 Å². The predicted molar refractivity (Wildman–Crippen MR) is 77.6 cm³/mol. The molecule has 1 aliphatic heterocycles. The van der Waals surface area contributed by atoms with Gasteiger partial charge in [-0.2, -0.15) is 4.31 Å². The molecule has 116 valence electrons. The van der Waals surface area contributed by atoms with Crippen molar-refractivity contribution < 1.29 is 23.1 Å². The zero-order valence-electron chi connectivity index (χ0n) is 12.0. The fraction of sp³-hybridized carbons (Fsp3) is 0.500. The molecule has 2 rings (SSSR count). The first-order valence-electron chi connectivity index (χ1n) is 6.71. The minimum Gasteiger partial charge on any atom is -0.478 e. The van der Waals surface area contributed by atoms with Crippen LogP contribution in [-0.4, -0.2) is 49.6 Å². The highest BCUT2D eigenvalue weighted by Gasteiger charge is 2.34. The Labute approximate surface area is 124 Å². The summed E-state index contributed by atoms with van der Waals surface area (Å²) >= 11 is 0. The predicted octanol–water partition coefficient (Wildman–Crippen LogP) is 1.32. The molecule has 6 nitrogen and oxygen atoms in total. The number of sulfonamides is 1. The Morgan fingerprint density at radius 1 is 1.48 bits per heavy atom. The van der Waals surface area contributed by atoms with Gasteiger partial charge in [0.1, 0.15) is 0 Å². The number of nitrogens with zero attached hydrogens (tertiary/aromatic N) is 1. The summed E-state index contributed by atoms with van der Waals surface area (Å²) in [6, 6.07) is 5.83. The third-order valence-electron chi connectivity index (χ3n) is 3.77. The fourth-order valence-corrected chi connectivity index (χ4v) is 4.00. The van der Waals surface area contributed by atoms with Gasteiger partial charge in [0.2, 0.25) is 10.0 Å². The highest BCUT2D eigenvalue weighted by molar-refractivity contribution is 7.88. The van der Waals surface area contributed by atoms with Gasteiger partial charge in [0.05, 0.1) is 23.5 Å². The molecule has 1 aromatic rings. The Morgan fingerprint density at radius 2 is 2.19 bits per heavy atom. The zero-order chi connectivity index (χ0) is 15.6. The van der Waals surface area contributed by atoms with Crippen molar-refractivity contribution in [2.45, 2.75) is 31.2 Å². The Balaban J connectivity index is 2.17. The summed E-state index contributed by atoms with van der Waals surface area (Å²) in [5, 5.41) is 8.95. The van der Waals surface area contributed by atoms with Gasteiger partial charge in [-0.15, -0.1) is 0 Å². The second-order valence-electron chi connectivity index (χ2n) is 5.21. The first-order valence-corrected chi connectivity index (χ1v) is 8.32. The van der Waals surface area contributed by atoms with Crippen molar-refractivity contribution in [3.63, 3.8) is 0 Å². The molecule has 0 bridgehead atoms. The molecule has 7 heteroatoms. The minimum absolute atomic E-state index is 0.0860. The third-order valence-corrected chi connectivity index (χ3v) is 5.61. The lowest BCUT2D eigenvalue weighted by molar-refractivity contribution is 0.0696. The fourth-order valence-electron chi connectivity index (χ4n) is 2.51. The molecular weight excluding hydrogens is 294 g/mol. The number of carboxylic acid groups (broad SMARTS) is 1. The number of rotatable bonds is 5. The van der Waals surface area contributed by atoms with Crippen molar-refractivity contribution in [3.8, 4) is 0 Å². The van der Waals surface area contributed by atoms with Gasteiger partial charge in [-0.25, -0.2) is 13.2 Å². The highest BCUT2D eigenvalue weighted by Crippen LogP contribution is 2.22. The van der Waals surface area contributed by atoms with E-state index in [1.54, 1.807) is 19.2 Å². The van der Waals surface area contributed by atoms with Crippen LogP contribution in [0.5, 0.6) is 0 Å². The topological polar surface area (TPSA) is 83.9 Å². The summed E-state index contributed by atoms with van der Waals surface area (Å²) in [5.41, 5.74) is 0.552. The van der Waals surface area contributed by atoms with E-state index in [0.29, 0.717) is 18.6 Å². The largest absolute Gasteiger partial charge is 0.478 e. The number of carboxylic acids is 1. The van der Waals surface area contributed by atoms with Crippen molar-refractivity contribution in [2.75, 3.05) is 13.7 Å². The van der Waals surface area contributed by atoms with Crippen LogP contribution in [0.15, 0.2) is 24.3 Å². The third kappa shape index (κ3) is 3.61. The van der Waals surface area contributed by atoms with Crippen molar-refractivity contribution in [2.24, 2.45) is 0 Å². The molecule has 0 spiro atoms. The quantitative estimate of drug-likeness (QED) is 0.886. The van der Waals surface area contributed by atoms with E-state index in [1.807, 2.05) is 6.92 Å². The van der Waals surface area contributed by atoms with E-state index < -0.39 is 16.0 Å². The Morgan fingerprint density at radius 3 is 2.76 bits per heavy atom. The second kappa shape index (κ2) is 6.13. The smallest absolute Gasteiger partial charge is 0.335 e. The molecule has 0 amide bonds. The van der Waals surface area contributed by atoms with Gasteiger partial charge >= 0.3 is 5.97 Å². The Bertz CT molecular complexity index is 628. The van der Waals surface area contributed by atoms with Gasteiger partial charge in [-0.1, -0.05) is 12.1 Å². The summed E-state index contributed by atoms with van der Waals surface area (Å²) in [4.78, 5) is 10.9. The number of hydrogen-bond acceptors (Lipinski definition) is 4. The number of aromatic carboxylic acids is 1. The van der Waals surface area contributed by atoms with Crippen molar-refractivity contribution in [1.29, 1.82) is 0 Å².